The molecule has 0 aliphatic carbocycles. The molecule has 1 heterocycles. The predicted octanol–water partition coefficient (Wildman–Crippen LogP) is 4.30. The number of hydrogen-bond donors (Lipinski definition) is 1. The van der Waals surface area contributed by atoms with E-state index in [2.05, 4.69) is 10.3 Å². The molecule has 3 aromatic rings. The minimum absolute atomic E-state index is 0.00813. The molecule has 3 rings (SSSR count). The van der Waals surface area contributed by atoms with Crippen LogP contribution in [0.2, 0.25) is 0 Å². The molecule has 0 aliphatic heterocycles. The minimum atomic E-state index is -0.466. The van der Waals surface area contributed by atoms with Crippen molar-refractivity contribution >= 4 is 34.1 Å². The van der Waals surface area contributed by atoms with E-state index in [1.807, 2.05) is 24.3 Å². The number of rotatable bonds is 7. The smallest absolute Gasteiger partial charge is 0.269 e. The third-order valence-electron chi connectivity index (χ3n) is 3.85. The summed E-state index contributed by atoms with van der Waals surface area (Å²) in [4.78, 5) is 27.5. The van der Waals surface area contributed by atoms with E-state index in [1.54, 1.807) is 31.5 Å². The maximum absolute atomic E-state index is 12.0. The van der Waals surface area contributed by atoms with Crippen molar-refractivity contribution in [3.63, 3.8) is 0 Å². The highest BCUT2D eigenvalue weighted by Gasteiger charge is 2.06. The summed E-state index contributed by atoms with van der Waals surface area (Å²) in [5, 5.41) is 13.9. The van der Waals surface area contributed by atoms with Crippen LogP contribution in [0.4, 0.5) is 10.8 Å². The molecule has 0 spiro atoms. The lowest BCUT2D eigenvalue weighted by Gasteiger charge is -2.01. The van der Waals surface area contributed by atoms with Crippen LogP contribution < -0.4 is 10.1 Å². The Kier molecular flexibility index (Phi) is 6.13. The van der Waals surface area contributed by atoms with Gasteiger partial charge in [0.25, 0.3) is 5.69 Å². The van der Waals surface area contributed by atoms with Gasteiger partial charge in [-0.05, 0) is 41.5 Å². The Morgan fingerprint density at radius 2 is 1.93 bits per heavy atom. The van der Waals surface area contributed by atoms with Crippen molar-refractivity contribution < 1.29 is 14.5 Å². The highest BCUT2D eigenvalue weighted by atomic mass is 32.1. The highest BCUT2D eigenvalue weighted by Crippen LogP contribution is 2.22. The van der Waals surface area contributed by atoms with E-state index in [0.29, 0.717) is 10.7 Å². The molecule has 2 aromatic carbocycles. The number of nitro groups is 1. The average Bonchev–Trinajstić information content (AvgIpc) is 3.14. The number of non-ortho nitro benzene ring substituents is 1. The number of thiazole rings is 1. The van der Waals surface area contributed by atoms with Crippen LogP contribution in [0.15, 0.2) is 60.8 Å². The zero-order valence-electron chi connectivity index (χ0n) is 15.0. The fraction of sp³-hybridized carbons (Fsp3) is 0.100. The van der Waals surface area contributed by atoms with Crippen molar-refractivity contribution in [3.8, 4) is 5.75 Å². The van der Waals surface area contributed by atoms with Gasteiger partial charge in [-0.2, -0.15) is 0 Å². The summed E-state index contributed by atoms with van der Waals surface area (Å²) in [6, 6.07) is 13.7. The summed E-state index contributed by atoms with van der Waals surface area (Å²) in [5.74, 6) is 0.490. The minimum Gasteiger partial charge on any atom is -0.497 e. The van der Waals surface area contributed by atoms with Crippen LogP contribution in [0.5, 0.6) is 5.75 Å². The SMILES string of the molecule is COc1ccc(Cc2cnc(NC(=O)C=Cc3ccc([N+](=O)[O-])cc3)s2)cc1. The topological polar surface area (TPSA) is 94.4 Å². The monoisotopic (exact) mass is 395 g/mol. The molecule has 28 heavy (non-hydrogen) atoms. The first-order chi connectivity index (χ1) is 13.5. The third-order valence-corrected chi connectivity index (χ3v) is 4.76. The van der Waals surface area contributed by atoms with E-state index in [1.165, 1.54) is 29.5 Å². The lowest BCUT2D eigenvalue weighted by atomic mass is 10.1. The maximum atomic E-state index is 12.0. The van der Waals surface area contributed by atoms with Gasteiger partial charge >= 0.3 is 0 Å². The van der Waals surface area contributed by atoms with Gasteiger partial charge < -0.3 is 4.74 Å². The molecule has 0 saturated heterocycles. The summed E-state index contributed by atoms with van der Waals surface area (Å²) >= 11 is 1.41. The zero-order chi connectivity index (χ0) is 19.9. The Balaban J connectivity index is 1.56. The molecule has 1 amide bonds. The summed E-state index contributed by atoms with van der Waals surface area (Å²) in [7, 11) is 1.63. The molecule has 0 radical (unpaired) electrons. The summed E-state index contributed by atoms with van der Waals surface area (Å²) in [6.07, 6.45) is 5.41. The molecule has 0 bridgehead atoms. The maximum Gasteiger partial charge on any atom is 0.269 e. The standard InChI is InChI=1S/C20H17N3O4S/c1-27-17-9-4-15(5-10-17)12-18-13-21-20(28-18)22-19(24)11-6-14-2-7-16(8-3-14)23(25)26/h2-11,13H,12H2,1H3,(H,21,22,24). The number of ether oxygens (including phenoxy) is 1. The van der Waals surface area contributed by atoms with E-state index in [-0.39, 0.29) is 11.6 Å². The Morgan fingerprint density at radius 1 is 1.21 bits per heavy atom. The predicted molar refractivity (Wildman–Crippen MR) is 109 cm³/mol. The molecular formula is C20H17N3O4S. The number of amides is 1. The van der Waals surface area contributed by atoms with Crippen LogP contribution in [0.1, 0.15) is 16.0 Å². The van der Waals surface area contributed by atoms with E-state index in [9.17, 15) is 14.9 Å². The number of nitro benzene ring substituents is 1. The van der Waals surface area contributed by atoms with Crippen molar-refractivity contribution in [2.45, 2.75) is 6.42 Å². The molecule has 7 nitrogen and oxygen atoms in total. The number of nitrogens with one attached hydrogen (secondary N) is 1. The molecule has 0 saturated carbocycles. The number of anilines is 1. The first kappa shape index (κ1) is 19.2. The number of hydrogen-bond acceptors (Lipinski definition) is 6. The molecule has 0 fully saturated rings. The van der Waals surface area contributed by atoms with E-state index in [0.717, 1.165) is 22.6 Å². The van der Waals surface area contributed by atoms with Crippen LogP contribution in [0, 0.1) is 10.1 Å². The molecular weight excluding hydrogens is 378 g/mol. The molecule has 1 aromatic heterocycles. The number of nitrogens with zero attached hydrogens (tertiary/aromatic N) is 2. The third kappa shape index (κ3) is 5.24. The van der Waals surface area contributed by atoms with Gasteiger partial charge in [0.05, 0.1) is 12.0 Å². The van der Waals surface area contributed by atoms with Gasteiger partial charge in [0.2, 0.25) is 5.91 Å². The van der Waals surface area contributed by atoms with Gasteiger partial charge in [0, 0.05) is 35.7 Å². The van der Waals surface area contributed by atoms with E-state index >= 15 is 0 Å². The molecule has 0 aliphatic rings. The number of aromatic nitrogens is 1. The molecule has 1 N–H and O–H groups in total. The number of carbonyl (C=O) groups excluding carboxylic acids is 1. The van der Waals surface area contributed by atoms with E-state index in [4.69, 9.17) is 4.74 Å². The van der Waals surface area contributed by atoms with Gasteiger partial charge in [-0.3, -0.25) is 20.2 Å². The Labute approximate surface area is 165 Å². The summed E-state index contributed by atoms with van der Waals surface area (Å²) < 4.78 is 5.14. The first-order valence-electron chi connectivity index (χ1n) is 8.34. The fourth-order valence-electron chi connectivity index (χ4n) is 2.42. The quantitative estimate of drug-likeness (QED) is 0.366. The van der Waals surface area contributed by atoms with Crippen LogP contribution in [-0.2, 0) is 11.2 Å². The highest BCUT2D eigenvalue weighted by molar-refractivity contribution is 7.15. The Bertz CT molecular complexity index is 995. The Hall–Kier alpha value is -3.52. The van der Waals surface area contributed by atoms with Gasteiger partial charge in [0.1, 0.15) is 5.75 Å². The van der Waals surface area contributed by atoms with Crippen LogP contribution in [-0.4, -0.2) is 22.9 Å². The van der Waals surface area contributed by atoms with E-state index < -0.39 is 4.92 Å². The second-order valence-electron chi connectivity index (χ2n) is 5.83. The first-order valence-corrected chi connectivity index (χ1v) is 9.16. The molecule has 0 unspecified atom stereocenters. The van der Waals surface area contributed by atoms with Crippen LogP contribution in [0.25, 0.3) is 6.08 Å². The molecule has 142 valence electrons. The van der Waals surface area contributed by atoms with Crippen LogP contribution in [0.3, 0.4) is 0 Å². The van der Waals surface area contributed by atoms with Gasteiger partial charge in [0.15, 0.2) is 5.13 Å². The number of carbonyl (C=O) groups is 1. The largest absolute Gasteiger partial charge is 0.497 e. The van der Waals surface area contributed by atoms with Crippen molar-refractivity contribution in [1.82, 2.24) is 4.98 Å². The van der Waals surface area contributed by atoms with Crippen molar-refractivity contribution in [3.05, 3.63) is 86.9 Å². The van der Waals surface area contributed by atoms with Gasteiger partial charge in [-0.25, -0.2) is 4.98 Å². The fourth-order valence-corrected chi connectivity index (χ4v) is 3.27. The summed E-state index contributed by atoms with van der Waals surface area (Å²) in [6.45, 7) is 0. The van der Waals surface area contributed by atoms with Gasteiger partial charge in [-0.15, -0.1) is 11.3 Å². The van der Waals surface area contributed by atoms with Crippen molar-refractivity contribution in [2.75, 3.05) is 12.4 Å². The normalized spacial score (nSPS) is 10.8. The lowest BCUT2D eigenvalue weighted by molar-refractivity contribution is -0.384. The second-order valence-corrected chi connectivity index (χ2v) is 6.94. The van der Waals surface area contributed by atoms with Gasteiger partial charge in [-0.1, -0.05) is 12.1 Å². The number of methoxy groups -OCH3 is 1. The summed E-state index contributed by atoms with van der Waals surface area (Å²) in [5.41, 5.74) is 1.83. The Morgan fingerprint density at radius 3 is 2.57 bits per heavy atom. The van der Waals surface area contributed by atoms with Crippen molar-refractivity contribution in [1.29, 1.82) is 0 Å². The lowest BCUT2D eigenvalue weighted by Crippen LogP contribution is -2.07. The zero-order valence-corrected chi connectivity index (χ0v) is 15.8. The average molecular weight is 395 g/mol. The van der Waals surface area contributed by atoms with Crippen LogP contribution >= 0.6 is 11.3 Å². The van der Waals surface area contributed by atoms with Crippen molar-refractivity contribution in [2.24, 2.45) is 0 Å². The second kappa shape index (κ2) is 8.92. The molecule has 8 heteroatoms. The molecule has 0 atom stereocenters. The number of benzene rings is 2.